The second-order valence-electron chi connectivity index (χ2n) is 6.96. The van der Waals surface area contributed by atoms with Gasteiger partial charge in [-0.15, -0.1) is 11.8 Å². The number of nitrogens with zero attached hydrogens (tertiary/aromatic N) is 2. The molecule has 2 aliphatic rings. The van der Waals surface area contributed by atoms with Crippen LogP contribution in [0, 0.1) is 0 Å². The quantitative estimate of drug-likeness (QED) is 0.722. The SMILES string of the molecule is O=C(CCCN1C(=O)c2ccccc2C1=O)N1CCSC(c2ccco2)CC1. The van der Waals surface area contributed by atoms with E-state index in [1.165, 1.54) is 4.90 Å². The van der Waals surface area contributed by atoms with Gasteiger partial charge in [0, 0.05) is 31.8 Å². The second-order valence-corrected chi connectivity index (χ2v) is 8.27. The van der Waals surface area contributed by atoms with Gasteiger partial charge in [-0.25, -0.2) is 0 Å². The maximum Gasteiger partial charge on any atom is 0.261 e. The van der Waals surface area contributed by atoms with Gasteiger partial charge in [0.15, 0.2) is 0 Å². The second kappa shape index (κ2) is 8.22. The molecule has 1 saturated heterocycles. The Morgan fingerprint density at radius 3 is 2.50 bits per heavy atom. The molecule has 0 radical (unpaired) electrons. The molecule has 1 aromatic carbocycles. The van der Waals surface area contributed by atoms with E-state index in [2.05, 4.69) is 0 Å². The number of rotatable bonds is 5. The Morgan fingerprint density at radius 2 is 1.82 bits per heavy atom. The molecule has 4 rings (SSSR count). The minimum absolute atomic E-state index is 0.0808. The lowest BCUT2D eigenvalue weighted by Crippen LogP contribution is -2.35. The van der Waals surface area contributed by atoms with Gasteiger partial charge in [-0.2, -0.15) is 0 Å². The third-order valence-corrected chi connectivity index (χ3v) is 6.49. The number of thioether (sulfide) groups is 1. The Hall–Kier alpha value is -2.54. The van der Waals surface area contributed by atoms with Gasteiger partial charge in [0.05, 0.1) is 22.6 Å². The maximum atomic E-state index is 12.6. The molecule has 1 aromatic heterocycles. The zero-order valence-corrected chi connectivity index (χ0v) is 16.3. The van der Waals surface area contributed by atoms with Crippen molar-refractivity contribution in [1.82, 2.24) is 9.80 Å². The highest BCUT2D eigenvalue weighted by atomic mass is 32.2. The van der Waals surface area contributed by atoms with Crippen LogP contribution in [0.15, 0.2) is 47.1 Å². The van der Waals surface area contributed by atoms with Crippen molar-refractivity contribution < 1.29 is 18.8 Å². The summed E-state index contributed by atoms with van der Waals surface area (Å²) in [6.45, 7) is 1.69. The highest BCUT2D eigenvalue weighted by Gasteiger charge is 2.34. The van der Waals surface area contributed by atoms with Crippen molar-refractivity contribution in [2.24, 2.45) is 0 Å². The largest absolute Gasteiger partial charge is 0.468 e. The van der Waals surface area contributed by atoms with Crippen molar-refractivity contribution in [3.63, 3.8) is 0 Å². The van der Waals surface area contributed by atoms with Gasteiger partial charge in [0.25, 0.3) is 11.8 Å². The summed E-state index contributed by atoms with van der Waals surface area (Å²) >= 11 is 1.82. The van der Waals surface area contributed by atoms with Crippen LogP contribution in [0.4, 0.5) is 0 Å². The molecule has 0 spiro atoms. The van der Waals surface area contributed by atoms with E-state index in [0.29, 0.717) is 37.1 Å². The van der Waals surface area contributed by atoms with Crippen LogP contribution in [0.2, 0.25) is 0 Å². The average Bonchev–Trinajstić information content (AvgIpc) is 3.23. The lowest BCUT2D eigenvalue weighted by Gasteiger charge is -2.21. The predicted molar refractivity (Wildman–Crippen MR) is 106 cm³/mol. The molecule has 7 heteroatoms. The zero-order valence-electron chi connectivity index (χ0n) is 15.5. The Kier molecular flexibility index (Phi) is 5.52. The molecular formula is C21H22N2O4S. The fourth-order valence-electron chi connectivity index (χ4n) is 3.71. The normalized spacial score (nSPS) is 19.6. The van der Waals surface area contributed by atoms with Gasteiger partial charge >= 0.3 is 0 Å². The molecule has 2 aromatic rings. The summed E-state index contributed by atoms with van der Waals surface area (Å²) in [5.41, 5.74) is 0.902. The van der Waals surface area contributed by atoms with E-state index in [1.54, 1.807) is 30.5 Å². The van der Waals surface area contributed by atoms with Gasteiger partial charge in [0.2, 0.25) is 5.91 Å². The molecule has 0 N–H and O–H groups in total. The predicted octanol–water partition coefficient (Wildman–Crippen LogP) is 3.36. The van der Waals surface area contributed by atoms with E-state index in [-0.39, 0.29) is 29.5 Å². The molecule has 3 heterocycles. The van der Waals surface area contributed by atoms with Gasteiger partial charge < -0.3 is 9.32 Å². The molecule has 1 fully saturated rings. The summed E-state index contributed by atoms with van der Waals surface area (Å²) in [4.78, 5) is 40.5. The lowest BCUT2D eigenvalue weighted by atomic mass is 10.1. The first kappa shape index (κ1) is 18.8. The standard InChI is InChI=1S/C21H22N2O4S/c24-19(22-11-9-18(28-14-12-22)17-7-4-13-27-17)8-3-10-23-20(25)15-5-1-2-6-16(15)21(23)26/h1-2,4-7,13,18H,3,8-12,14H2. The molecule has 0 bridgehead atoms. The van der Waals surface area contributed by atoms with E-state index in [9.17, 15) is 14.4 Å². The summed E-state index contributed by atoms with van der Waals surface area (Å²) in [5, 5.41) is 0.283. The number of fused-ring (bicyclic) bond motifs is 1. The molecule has 146 valence electrons. The number of hydrogen-bond donors (Lipinski definition) is 0. The van der Waals surface area contributed by atoms with Crippen molar-refractivity contribution in [3.05, 3.63) is 59.5 Å². The van der Waals surface area contributed by atoms with Gasteiger partial charge in [-0.1, -0.05) is 12.1 Å². The first-order valence-electron chi connectivity index (χ1n) is 9.53. The Morgan fingerprint density at radius 1 is 1.07 bits per heavy atom. The zero-order chi connectivity index (χ0) is 19.5. The van der Waals surface area contributed by atoms with E-state index >= 15 is 0 Å². The molecule has 1 atom stereocenters. The van der Waals surface area contributed by atoms with Crippen LogP contribution in [0.3, 0.4) is 0 Å². The number of amides is 3. The van der Waals surface area contributed by atoms with Crippen molar-refractivity contribution >= 4 is 29.5 Å². The van der Waals surface area contributed by atoms with Crippen molar-refractivity contribution in [2.75, 3.05) is 25.4 Å². The van der Waals surface area contributed by atoms with Crippen LogP contribution in [-0.2, 0) is 4.79 Å². The van der Waals surface area contributed by atoms with Crippen LogP contribution in [0.25, 0.3) is 0 Å². The minimum Gasteiger partial charge on any atom is -0.468 e. The van der Waals surface area contributed by atoms with Gasteiger partial charge in [-0.05, 0) is 37.1 Å². The highest BCUT2D eigenvalue weighted by molar-refractivity contribution is 7.99. The third-order valence-electron chi connectivity index (χ3n) is 5.21. The first-order valence-corrected chi connectivity index (χ1v) is 10.6. The molecule has 0 saturated carbocycles. The van der Waals surface area contributed by atoms with Crippen LogP contribution in [0.5, 0.6) is 0 Å². The molecule has 0 aliphatic carbocycles. The molecule has 6 nitrogen and oxygen atoms in total. The Bertz CT molecular complexity index is 845. The first-order chi connectivity index (χ1) is 13.6. The number of hydrogen-bond acceptors (Lipinski definition) is 5. The highest BCUT2D eigenvalue weighted by Crippen LogP contribution is 2.34. The van der Waals surface area contributed by atoms with Gasteiger partial charge in [-0.3, -0.25) is 19.3 Å². The number of furan rings is 1. The van der Waals surface area contributed by atoms with Crippen molar-refractivity contribution in [1.29, 1.82) is 0 Å². The van der Waals surface area contributed by atoms with E-state index < -0.39 is 0 Å². The molecule has 2 aliphatic heterocycles. The number of carbonyl (C=O) groups is 3. The van der Waals surface area contributed by atoms with Crippen LogP contribution >= 0.6 is 11.8 Å². The Labute approximate surface area is 167 Å². The van der Waals surface area contributed by atoms with E-state index in [0.717, 1.165) is 17.9 Å². The van der Waals surface area contributed by atoms with Crippen LogP contribution in [0.1, 0.15) is 51.0 Å². The number of carbonyl (C=O) groups excluding carboxylic acids is 3. The van der Waals surface area contributed by atoms with E-state index in [1.807, 2.05) is 28.8 Å². The minimum atomic E-state index is -0.263. The lowest BCUT2D eigenvalue weighted by molar-refractivity contribution is -0.131. The molecular weight excluding hydrogens is 376 g/mol. The topological polar surface area (TPSA) is 70.8 Å². The smallest absolute Gasteiger partial charge is 0.261 e. The number of imide groups is 1. The van der Waals surface area contributed by atoms with Crippen LogP contribution in [-0.4, -0.2) is 52.9 Å². The molecule has 1 unspecified atom stereocenters. The average molecular weight is 398 g/mol. The van der Waals surface area contributed by atoms with Gasteiger partial charge in [0.1, 0.15) is 5.76 Å². The van der Waals surface area contributed by atoms with Crippen LogP contribution < -0.4 is 0 Å². The van der Waals surface area contributed by atoms with Crippen molar-refractivity contribution in [2.45, 2.75) is 24.5 Å². The summed E-state index contributed by atoms with van der Waals surface area (Å²) < 4.78 is 5.50. The van der Waals surface area contributed by atoms with E-state index in [4.69, 9.17) is 4.42 Å². The molecule has 28 heavy (non-hydrogen) atoms. The monoisotopic (exact) mass is 398 g/mol. The fraction of sp³-hybridized carbons (Fsp3) is 0.381. The summed E-state index contributed by atoms with van der Waals surface area (Å²) in [5.74, 6) is 1.39. The maximum absolute atomic E-state index is 12.6. The fourth-order valence-corrected chi connectivity index (χ4v) is 4.89. The van der Waals surface area contributed by atoms with Crippen molar-refractivity contribution in [3.8, 4) is 0 Å². The number of benzene rings is 1. The molecule has 3 amide bonds. The summed E-state index contributed by atoms with van der Waals surface area (Å²) in [6, 6.07) is 10.7. The summed E-state index contributed by atoms with van der Waals surface area (Å²) in [6.07, 6.45) is 3.37. The summed E-state index contributed by atoms with van der Waals surface area (Å²) in [7, 11) is 0. The Balaban J connectivity index is 1.27. The third kappa shape index (κ3) is 3.71.